The van der Waals surface area contributed by atoms with E-state index in [-0.39, 0.29) is 22.4 Å². The fraction of sp³-hybridized carbons (Fsp3) is 0.533. The minimum Gasteiger partial charge on any atom is -0.495 e. The molecule has 0 bridgehead atoms. The number of hydrogen-bond donors (Lipinski definition) is 2. The van der Waals surface area contributed by atoms with E-state index in [4.69, 9.17) is 21.4 Å². The molecular formula is C15H21ClN2O5S. The molecule has 1 fully saturated rings. The van der Waals surface area contributed by atoms with Crippen LogP contribution in [0.4, 0.5) is 0 Å². The van der Waals surface area contributed by atoms with Crippen LogP contribution in [0.2, 0.25) is 5.02 Å². The minimum absolute atomic E-state index is 0.0848. The Morgan fingerprint density at radius 3 is 2.88 bits per heavy atom. The third kappa shape index (κ3) is 4.60. The molecule has 0 radical (unpaired) electrons. The van der Waals surface area contributed by atoms with Crippen LogP contribution in [-0.4, -0.2) is 57.1 Å². The summed E-state index contributed by atoms with van der Waals surface area (Å²) in [6.07, 6.45) is 1.60. The van der Waals surface area contributed by atoms with Crippen molar-refractivity contribution in [2.45, 2.75) is 17.7 Å². The van der Waals surface area contributed by atoms with E-state index < -0.39 is 16.0 Å². The second-order valence-electron chi connectivity index (χ2n) is 5.69. The Kier molecular flexibility index (Phi) is 6.45. The van der Waals surface area contributed by atoms with Gasteiger partial charge in [-0.15, -0.1) is 0 Å². The Morgan fingerprint density at radius 2 is 2.25 bits per heavy atom. The van der Waals surface area contributed by atoms with Gasteiger partial charge in [0.15, 0.2) is 0 Å². The first-order chi connectivity index (χ1) is 11.3. The summed E-state index contributed by atoms with van der Waals surface area (Å²) in [7, 11) is -2.17. The lowest BCUT2D eigenvalue weighted by molar-refractivity contribution is -0.136. The summed E-state index contributed by atoms with van der Waals surface area (Å²) in [5.41, 5.74) is 0. The van der Waals surface area contributed by atoms with Crippen molar-refractivity contribution in [3.05, 3.63) is 23.2 Å². The van der Waals surface area contributed by atoms with Crippen molar-refractivity contribution >= 4 is 27.6 Å². The first-order valence-corrected chi connectivity index (χ1v) is 9.42. The number of halogens is 1. The van der Waals surface area contributed by atoms with Crippen molar-refractivity contribution in [1.82, 2.24) is 9.62 Å². The van der Waals surface area contributed by atoms with Gasteiger partial charge >= 0.3 is 5.97 Å². The first kappa shape index (κ1) is 19.0. The standard InChI is InChI=1S/C15H21ClN2O5S/c1-23-14-5-4-12(7-13(14)16)24(21,22)18-6-2-3-11(10-18)8-17-9-15(19)20/h4-5,7,11,17H,2-3,6,8-10H2,1H3,(H,19,20). The maximum atomic E-state index is 12.8. The lowest BCUT2D eigenvalue weighted by Crippen LogP contribution is -2.43. The smallest absolute Gasteiger partial charge is 0.317 e. The number of carboxylic acid groups (broad SMARTS) is 1. The predicted molar refractivity (Wildman–Crippen MR) is 90.0 cm³/mol. The molecule has 0 aliphatic carbocycles. The minimum atomic E-state index is -3.63. The summed E-state index contributed by atoms with van der Waals surface area (Å²) >= 11 is 6.03. The van der Waals surface area contributed by atoms with E-state index in [0.717, 1.165) is 12.8 Å². The molecule has 0 amide bonds. The number of methoxy groups -OCH3 is 1. The molecule has 0 spiro atoms. The number of nitrogens with one attached hydrogen (secondary N) is 1. The summed E-state index contributed by atoms with van der Waals surface area (Å²) < 4.78 is 32.0. The van der Waals surface area contributed by atoms with Gasteiger partial charge in [-0.1, -0.05) is 11.6 Å². The third-order valence-electron chi connectivity index (χ3n) is 3.95. The zero-order valence-electron chi connectivity index (χ0n) is 13.4. The topological polar surface area (TPSA) is 95.9 Å². The van der Waals surface area contributed by atoms with Crippen molar-refractivity contribution in [1.29, 1.82) is 0 Å². The largest absolute Gasteiger partial charge is 0.495 e. The molecular weight excluding hydrogens is 356 g/mol. The highest BCUT2D eigenvalue weighted by Crippen LogP contribution is 2.30. The zero-order valence-corrected chi connectivity index (χ0v) is 14.9. The number of rotatable bonds is 7. The molecule has 134 valence electrons. The summed E-state index contributed by atoms with van der Waals surface area (Å²) in [6, 6.07) is 4.40. The Bertz CT molecular complexity index is 695. The number of aliphatic carboxylic acids is 1. The van der Waals surface area contributed by atoms with E-state index in [2.05, 4.69) is 5.32 Å². The third-order valence-corrected chi connectivity index (χ3v) is 6.11. The van der Waals surface area contributed by atoms with E-state index >= 15 is 0 Å². The van der Waals surface area contributed by atoms with Crippen LogP contribution in [0.3, 0.4) is 0 Å². The van der Waals surface area contributed by atoms with Gasteiger partial charge in [-0.2, -0.15) is 4.31 Å². The van der Waals surface area contributed by atoms with Crippen LogP contribution in [0.5, 0.6) is 5.75 Å². The fourth-order valence-corrected chi connectivity index (χ4v) is 4.66. The number of benzene rings is 1. The van der Waals surface area contributed by atoms with Gasteiger partial charge in [-0.05, 0) is 43.5 Å². The highest BCUT2D eigenvalue weighted by atomic mass is 35.5. The van der Waals surface area contributed by atoms with Gasteiger partial charge in [0.25, 0.3) is 0 Å². The molecule has 1 unspecified atom stereocenters. The van der Waals surface area contributed by atoms with Crippen LogP contribution in [0, 0.1) is 5.92 Å². The molecule has 1 aromatic rings. The van der Waals surface area contributed by atoms with Crippen LogP contribution in [-0.2, 0) is 14.8 Å². The Morgan fingerprint density at radius 1 is 1.50 bits per heavy atom. The number of piperidine rings is 1. The van der Waals surface area contributed by atoms with Crippen LogP contribution < -0.4 is 10.1 Å². The number of carbonyl (C=O) groups is 1. The summed E-state index contributed by atoms with van der Waals surface area (Å²) in [5, 5.41) is 11.7. The molecule has 1 aliphatic heterocycles. The molecule has 1 atom stereocenters. The van der Waals surface area contributed by atoms with Gasteiger partial charge in [0.1, 0.15) is 5.75 Å². The van der Waals surface area contributed by atoms with E-state index in [0.29, 0.717) is 25.4 Å². The van der Waals surface area contributed by atoms with Crippen molar-refractivity contribution in [2.24, 2.45) is 5.92 Å². The monoisotopic (exact) mass is 376 g/mol. The lowest BCUT2D eigenvalue weighted by atomic mass is 10.00. The molecule has 2 rings (SSSR count). The van der Waals surface area contributed by atoms with Gasteiger partial charge in [-0.3, -0.25) is 4.79 Å². The normalized spacial score (nSPS) is 19.2. The second kappa shape index (κ2) is 8.15. The first-order valence-electron chi connectivity index (χ1n) is 7.61. The van der Waals surface area contributed by atoms with Crippen molar-refractivity contribution in [2.75, 3.05) is 33.3 Å². The average Bonchev–Trinajstić information content (AvgIpc) is 2.54. The van der Waals surface area contributed by atoms with Crippen molar-refractivity contribution in [3.63, 3.8) is 0 Å². The van der Waals surface area contributed by atoms with Gasteiger partial charge in [0, 0.05) is 13.1 Å². The quantitative estimate of drug-likeness (QED) is 0.747. The van der Waals surface area contributed by atoms with E-state index in [9.17, 15) is 13.2 Å². The van der Waals surface area contributed by atoms with Crippen LogP contribution >= 0.6 is 11.6 Å². The molecule has 1 saturated heterocycles. The summed E-state index contributed by atoms with van der Waals surface area (Å²) in [6.45, 7) is 1.15. The maximum absolute atomic E-state index is 12.8. The maximum Gasteiger partial charge on any atom is 0.317 e. The van der Waals surface area contributed by atoms with Crippen LogP contribution in [0.25, 0.3) is 0 Å². The highest BCUT2D eigenvalue weighted by molar-refractivity contribution is 7.89. The number of sulfonamides is 1. The Hall–Kier alpha value is -1.35. The highest BCUT2D eigenvalue weighted by Gasteiger charge is 2.30. The zero-order chi connectivity index (χ0) is 17.7. The number of carboxylic acids is 1. The molecule has 24 heavy (non-hydrogen) atoms. The molecule has 1 heterocycles. The Balaban J connectivity index is 2.08. The summed E-state index contributed by atoms with van der Waals surface area (Å²) in [4.78, 5) is 10.7. The van der Waals surface area contributed by atoms with E-state index in [1.165, 1.54) is 29.6 Å². The van der Waals surface area contributed by atoms with Gasteiger partial charge in [0.05, 0.1) is 23.6 Å². The average molecular weight is 377 g/mol. The number of ether oxygens (including phenoxy) is 1. The molecule has 1 aliphatic rings. The van der Waals surface area contributed by atoms with Gasteiger partial charge in [0.2, 0.25) is 10.0 Å². The van der Waals surface area contributed by atoms with Crippen LogP contribution in [0.15, 0.2) is 23.1 Å². The predicted octanol–water partition coefficient (Wildman–Crippen LogP) is 1.42. The SMILES string of the molecule is COc1ccc(S(=O)(=O)N2CCCC(CNCC(=O)O)C2)cc1Cl. The van der Waals surface area contributed by atoms with Gasteiger partial charge < -0.3 is 15.2 Å². The molecule has 7 nitrogen and oxygen atoms in total. The Labute approximate surface area is 146 Å². The molecule has 0 aromatic heterocycles. The van der Waals surface area contributed by atoms with Crippen molar-refractivity contribution < 1.29 is 23.1 Å². The number of nitrogens with zero attached hydrogens (tertiary/aromatic N) is 1. The second-order valence-corrected chi connectivity index (χ2v) is 8.04. The lowest BCUT2D eigenvalue weighted by Gasteiger charge is -2.32. The molecule has 9 heteroatoms. The van der Waals surface area contributed by atoms with E-state index in [1.807, 2.05) is 0 Å². The molecule has 0 saturated carbocycles. The fourth-order valence-electron chi connectivity index (χ4n) is 2.75. The van der Waals surface area contributed by atoms with Crippen LogP contribution in [0.1, 0.15) is 12.8 Å². The summed E-state index contributed by atoms with van der Waals surface area (Å²) in [5.74, 6) is -0.422. The van der Waals surface area contributed by atoms with E-state index in [1.54, 1.807) is 0 Å². The van der Waals surface area contributed by atoms with Crippen molar-refractivity contribution in [3.8, 4) is 5.75 Å². The number of hydrogen-bond acceptors (Lipinski definition) is 5. The van der Waals surface area contributed by atoms with Gasteiger partial charge in [-0.25, -0.2) is 8.42 Å². The molecule has 2 N–H and O–H groups in total. The molecule has 1 aromatic carbocycles.